The van der Waals surface area contributed by atoms with Crippen molar-refractivity contribution in [3.05, 3.63) is 42.4 Å². The Labute approximate surface area is 115 Å². The molecule has 0 radical (unpaired) electrons. The summed E-state index contributed by atoms with van der Waals surface area (Å²) in [7, 11) is -3.69. The predicted octanol–water partition coefficient (Wildman–Crippen LogP) is 1.46. The number of H-pyrrole nitrogens is 1. The van der Waals surface area contributed by atoms with Crippen LogP contribution in [0.1, 0.15) is 5.56 Å². The van der Waals surface area contributed by atoms with E-state index < -0.39 is 10.0 Å². The van der Waals surface area contributed by atoms with Crippen molar-refractivity contribution in [1.29, 1.82) is 0 Å². The van der Waals surface area contributed by atoms with Gasteiger partial charge in [0.25, 0.3) is 10.0 Å². The molecule has 2 N–H and O–H groups in total. The molecule has 0 aliphatic carbocycles. The highest BCUT2D eigenvalue weighted by Crippen LogP contribution is 2.15. The maximum absolute atomic E-state index is 12.2. The Hall–Kier alpha value is -2.48. The number of benzene rings is 1. The van der Waals surface area contributed by atoms with E-state index in [9.17, 15) is 8.42 Å². The molecule has 0 saturated heterocycles. The van der Waals surface area contributed by atoms with E-state index in [4.69, 9.17) is 0 Å². The van der Waals surface area contributed by atoms with Crippen LogP contribution in [-0.2, 0) is 10.0 Å². The summed E-state index contributed by atoms with van der Waals surface area (Å²) >= 11 is 0. The Kier molecular flexibility index (Phi) is 2.87. The first-order chi connectivity index (χ1) is 9.54. The highest BCUT2D eigenvalue weighted by molar-refractivity contribution is 7.92. The van der Waals surface area contributed by atoms with Gasteiger partial charge in [-0.25, -0.2) is 23.1 Å². The second-order valence-electron chi connectivity index (χ2n) is 4.25. The molecule has 0 saturated carbocycles. The smallest absolute Gasteiger partial charge is 0.264 e. The number of hydrogen-bond donors (Lipinski definition) is 2. The van der Waals surface area contributed by atoms with Gasteiger partial charge in [-0.05, 0) is 19.1 Å². The van der Waals surface area contributed by atoms with Crippen LogP contribution in [0, 0.1) is 6.92 Å². The standard InChI is InChI=1S/C12H11N5O2S/c1-8-2-4-9(5-3-8)20(18,19)17-12-13-6-10-11(16-12)15-7-14-10/h2-7H,1H3,(H2,13,14,15,16,17). The number of fused-ring (bicyclic) bond motifs is 1. The van der Waals surface area contributed by atoms with Gasteiger partial charge in [-0.2, -0.15) is 4.98 Å². The van der Waals surface area contributed by atoms with Crippen LogP contribution in [-0.4, -0.2) is 28.4 Å². The van der Waals surface area contributed by atoms with Crippen LogP contribution in [0.4, 0.5) is 5.95 Å². The Morgan fingerprint density at radius 2 is 1.90 bits per heavy atom. The van der Waals surface area contributed by atoms with E-state index in [1.807, 2.05) is 6.92 Å². The van der Waals surface area contributed by atoms with E-state index in [2.05, 4.69) is 24.7 Å². The normalized spacial score (nSPS) is 11.7. The molecule has 20 heavy (non-hydrogen) atoms. The largest absolute Gasteiger partial charge is 0.342 e. The van der Waals surface area contributed by atoms with Crippen LogP contribution < -0.4 is 4.72 Å². The van der Waals surface area contributed by atoms with E-state index in [1.54, 1.807) is 12.1 Å². The van der Waals surface area contributed by atoms with Crippen molar-refractivity contribution in [2.24, 2.45) is 0 Å². The van der Waals surface area contributed by atoms with Gasteiger partial charge in [-0.3, -0.25) is 0 Å². The Morgan fingerprint density at radius 1 is 1.15 bits per heavy atom. The van der Waals surface area contributed by atoms with E-state index in [0.29, 0.717) is 11.2 Å². The molecule has 7 nitrogen and oxygen atoms in total. The van der Waals surface area contributed by atoms with Gasteiger partial charge in [0.15, 0.2) is 5.65 Å². The minimum atomic E-state index is -3.69. The van der Waals surface area contributed by atoms with E-state index in [0.717, 1.165) is 5.56 Å². The molecule has 1 aromatic carbocycles. The fourth-order valence-corrected chi connectivity index (χ4v) is 2.63. The third kappa shape index (κ3) is 2.32. The lowest BCUT2D eigenvalue weighted by atomic mass is 10.2. The van der Waals surface area contributed by atoms with Crippen molar-refractivity contribution in [2.75, 3.05) is 4.72 Å². The van der Waals surface area contributed by atoms with Gasteiger partial charge in [0.2, 0.25) is 5.95 Å². The minimum absolute atomic E-state index is 0.00910. The maximum atomic E-state index is 12.2. The van der Waals surface area contributed by atoms with Crippen molar-refractivity contribution in [3.8, 4) is 0 Å². The predicted molar refractivity (Wildman–Crippen MR) is 73.7 cm³/mol. The fourth-order valence-electron chi connectivity index (χ4n) is 1.68. The number of imidazole rings is 1. The molecule has 0 fully saturated rings. The van der Waals surface area contributed by atoms with Gasteiger partial charge in [0.1, 0.15) is 5.52 Å². The summed E-state index contributed by atoms with van der Waals surface area (Å²) in [6.07, 6.45) is 2.94. The average molecular weight is 289 g/mol. The van der Waals surface area contributed by atoms with Gasteiger partial charge in [-0.1, -0.05) is 17.7 Å². The molecule has 0 bridgehead atoms. The lowest BCUT2D eigenvalue weighted by Gasteiger charge is -2.06. The first-order valence-electron chi connectivity index (χ1n) is 5.80. The molecule has 2 aromatic heterocycles. The highest BCUT2D eigenvalue weighted by atomic mass is 32.2. The number of nitrogens with zero attached hydrogens (tertiary/aromatic N) is 3. The number of hydrogen-bond acceptors (Lipinski definition) is 5. The zero-order valence-electron chi connectivity index (χ0n) is 10.5. The van der Waals surface area contributed by atoms with Crippen molar-refractivity contribution >= 4 is 27.1 Å². The fraction of sp³-hybridized carbons (Fsp3) is 0.0833. The molecule has 0 spiro atoms. The molecular weight excluding hydrogens is 278 g/mol. The molecular formula is C12H11N5O2S. The van der Waals surface area contributed by atoms with Crippen molar-refractivity contribution in [1.82, 2.24) is 19.9 Å². The topological polar surface area (TPSA) is 101 Å². The summed E-state index contributed by atoms with van der Waals surface area (Å²) in [6.45, 7) is 1.89. The molecule has 0 aliphatic heterocycles. The number of nitrogens with one attached hydrogen (secondary N) is 2. The van der Waals surface area contributed by atoms with Crippen LogP contribution in [0.15, 0.2) is 41.7 Å². The summed E-state index contributed by atoms with van der Waals surface area (Å²) in [5, 5.41) is 0. The minimum Gasteiger partial charge on any atom is -0.342 e. The van der Waals surface area contributed by atoms with Crippen LogP contribution in [0.5, 0.6) is 0 Å². The van der Waals surface area contributed by atoms with E-state index >= 15 is 0 Å². The molecule has 102 valence electrons. The summed E-state index contributed by atoms with van der Waals surface area (Å²) in [4.78, 5) is 14.9. The molecule has 0 aliphatic rings. The quantitative estimate of drug-likeness (QED) is 0.760. The van der Waals surface area contributed by atoms with Gasteiger partial charge < -0.3 is 4.98 Å². The summed E-state index contributed by atoms with van der Waals surface area (Å²) in [5.74, 6) is -0.00910. The number of aromatic nitrogens is 4. The number of aromatic amines is 1. The second kappa shape index (κ2) is 4.57. The van der Waals surface area contributed by atoms with Gasteiger partial charge in [0.05, 0.1) is 17.4 Å². The highest BCUT2D eigenvalue weighted by Gasteiger charge is 2.15. The van der Waals surface area contributed by atoms with Crippen molar-refractivity contribution < 1.29 is 8.42 Å². The van der Waals surface area contributed by atoms with Crippen LogP contribution in [0.3, 0.4) is 0 Å². The molecule has 3 aromatic rings. The molecule has 0 atom stereocenters. The molecule has 0 unspecified atom stereocenters. The summed E-state index contributed by atoms with van der Waals surface area (Å²) < 4.78 is 26.7. The average Bonchev–Trinajstić information content (AvgIpc) is 2.86. The van der Waals surface area contributed by atoms with Crippen LogP contribution in [0.25, 0.3) is 11.2 Å². The van der Waals surface area contributed by atoms with E-state index in [1.165, 1.54) is 24.7 Å². The lowest BCUT2D eigenvalue weighted by molar-refractivity contribution is 0.601. The van der Waals surface area contributed by atoms with Crippen LogP contribution in [0.2, 0.25) is 0 Å². The monoisotopic (exact) mass is 289 g/mol. The summed E-state index contributed by atoms with van der Waals surface area (Å²) in [5.41, 5.74) is 2.03. The summed E-state index contributed by atoms with van der Waals surface area (Å²) in [6, 6.07) is 6.52. The van der Waals surface area contributed by atoms with Crippen molar-refractivity contribution in [3.63, 3.8) is 0 Å². The Balaban J connectivity index is 1.94. The Morgan fingerprint density at radius 3 is 2.65 bits per heavy atom. The molecule has 3 rings (SSSR count). The number of aryl methyl sites for hydroxylation is 1. The SMILES string of the molecule is Cc1ccc(S(=O)(=O)Nc2ncc3[nH]cnc3n2)cc1. The maximum Gasteiger partial charge on any atom is 0.264 e. The first-order valence-corrected chi connectivity index (χ1v) is 7.28. The molecule has 0 amide bonds. The molecule has 2 heterocycles. The third-order valence-electron chi connectivity index (χ3n) is 2.73. The number of anilines is 1. The van der Waals surface area contributed by atoms with Crippen molar-refractivity contribution in [2.45, 2.75) is 11.8 Å². The van der Waals surface area contributed by atoms with Gasteiger partial charge in [0, 0.05) is 0 Å². The lowest BCUT2D eigenvalue weighted by Crippen LogP contribution is -2.15. The molecule has 8 heteroatoms. The van der Waals surface area contributed by atoms with E-state index in [-0.39, 0.29) is 10.8 Å². The van der Waals surface area contributed by atoms with Gasteiger partial charge in [-0.15, -0.1) is 0 Å². The Bertz CT molecular complexity index is 855. The first kappa shape index (κ1) is 12.5. The third-order valence-corrected chi connectivity index (χ3v) is 4.08. The zero-order chi connectivity index (χ0) is 14.2. The second-order valence-corrected chi connectivity index (χ2v) is 5.93. The zero-order valence-corrected chi connectivity index (χ0v) is 11.3. The van der Waals surface area contributed by atoms with Crippen LogP contribution >= 0.6 is 0 Å². The number of sulfonamides is 1. The number of rotatable bonds is 3. The van der Waals surface area contributed by atoms with Gasteiger partial charge >= 0.3 is 0 Å².